The third kappa shape index (κ3) is 6.53. The highest BCUT2D eigenvalue weighted by molar-refractivity contribution is 5.71. The van der Waals surface area contributed by atoms with Gasteiger partial charge >= 0.3 is 5.69 Å². The summed E-state index contributed by atoms with van der Waals surface area (Å²) in [6.07, 6.45) is 3.77. The van der Waals surface area contributed by atoms with E-state index in [9.17, 15) is 10.1 Å². The molecule has 0 amide bonds. The van der Waals surface area contributed by atoms with Crippen molar-refractivity contribution in [2.24, 2.45) is 7.05 Å². The zero-order chi connectivity index (χ0) is 19.6. The molecule has 0 fully saturated rings. The van der Waals surface area contributed by atoms with Gasteiger partial charge in [0.25, 0.3) is 0 Å². The maximum Gasteiger partial charge on any atom is 0.311 e. The van der Waals surface area contributed by atoms with E-state index in [1.807, 2.05) is 84.6 Å². The molecule has 0 aliphatic heterocycles. The van der Waals surface area contributed by atoms with Crippen LogP contribution < -0.4 is 9.30 Å². The SMILES string of the molecule is CC.CC.Cc1cc([N+](=O)[O-])c(OC(C)C)cc1-c1cc[n+](C)cc1. The summed E-state index contributed by atoms with van der Waals surface area (Å²) in [7, 11) is 1.94. The van der Waals surface area contributed by atoms with Crippen LogP contribution in [0.15, 0.2) is 36.7 Å². The molecule has 5 heteroatoms. The van der Waals surface area contributed by atoms with Gasteiger partial charge in [-0.1, -0.05) is 27.7 Å². The number of rotatable bonds is 4. The first-order valence-electron chi connectivity index (χ1n) is 8.80. The van der Waals surface area contributed by atoms with Crippen molar-refractivity contribution >= 4 is 5.69 Å². The van der Waals surface area contributed by atoms with Crippen LogP contribution in [0.5, 0.6) is 5.75 Å². The molecule has 138 valence electrons. The van der Waals surface area contributed by atoms with Crippen LogP contribution >= 0.6 is 0 Å². The normalized spacial score (nSPS) is 9.48. The smallest absolute Gasteiger partial charge is 0.311 e. The average molecular weight is 347 g/mol. The fourth-order valence-electron chi connectivity index (χ4n) is 2.16. The quantitative estimate of drug-likeness (QED) is 0.432. The van der Waals surface area contributed by atoms with Crippen LogP contribution in [0.3, 0.4) is 0 Å². The molecule has 2 rings (SSSR count). The predicted octanol–water partition coefficient (Wildman–Crippen LogP) is 5.23. The predicted molar refractivity (Wildman–Crippen MR) is 103 cm³/mol. The average Bonchev–Trinajstić information content (AvgIpc) is 2.60. The van der Waals surface area contributed by atoms with Crippen molar-refractivity contribution in [1.29, 1.82) is 0 Å². The third-order valence-electron chi connectivity index (χ3n) is 3.15. The summed E-state index contributed by atoms with van der Waals surface area (Å²) >= 11 is 0. The monoisotopic (exact) mass is 347 g/mol. The molecule has 0 atom stereocenters. The second-order valence-electron chi connectivity index (χ2n) is 5.31. The molecule has 0 spiro atoms. The second-order valence-corrected chi connectivity index (χ2v) is 5.31. The first-order chi connectivity index (χ1) is 11.9. The fourth-order valence-corrected chi connectivity index (χ4v) is 2.16. The van der Waals surface area contributed by atoms with E-state index in [0.717, 1.165) is 16.7 Å². The van der Waals surface area contributed by atoms with Crippen molar-refractivity contribution in [1.82, 2.24) is 0 Å². The van der Waals surface area contributed by atoms with Crippen LogP contribution in [0.1, 0.15) is 47.1 Å². The Hall–Kier alpha value is -2.43. The molecule has 1 aromatic heterocycles. The van der Waals surface area contributed by atoms with E-state index in [1.54, 1.807) is 12.1 Å². The Morgan fingerprint density at radius 1 is 1.08 bits per heavy atom. The molecule has 1 heterocycles. The molecule has 0 aliphatic carbocycles. The standard InChI is InChI=1S/C16H19N2O3.2C2H6/c1-11(2)21-16-10-14(12(3)9-15(16)18(19)20)13-5-7-17(4)8-6-13;2*1-2/h5-11H,1-4H3;2*1-2H3/q+1;;. The number of hydrogen-bond acceptors (Lipinski definition) is 3. The lowest BCUT2D eigenvalue weighted by molar-refractivity contribution is -0.671. The minimum absolute atomic E-state index is 0.00596. The van der Waals surface area contributed by atoms with E-state index in [-0.39, 0.29) is 11.8 Å². The summed E-state index contributed by atoms with van der Waals surface area (Å²) in [5, 5.41) is 11.2. The van der Waals surface area contributed by atoms with Gasteiger partial charge in [0.05, 0.1) is 11.0 Å². The summed E-state index contributed by atoms with van der Waals surface area (Å²) < 4.78 is 7.54. The van der Waals surface area contributed by atoms with Gasteiger partial charge < -0.3 is 4.74 Å². The van der Waals surface area contributed by atoms with Gasteiger partial charge in [0.2, 0.25) is 0 Å². The maximum atomic E-state index is 11.2. The highest BCUT2D eigenvalue weighted by Crippen LogP contribution is 2.35. The molecule has 0 saturated heterocycles. The lowest BCUT2D eigenvalue weighted by Crippen LogP contribution is -2.25. The number of nitro groups is 1. The van der Waals surface area contributed by atoms with Crippen molar-refractivity contribution in [3.63, 3.8) is 0 Å². The van der Waals surface area contributed by atoms with Crippen molar-refractivity contribution < 1.29 is 14.2 Å². The molecular weight excluding hydrogens is 316 g/mol. The van der Waals surface area contributed by atoms with Crippen LogP contribution in [0.4, 0.5) is 5.69 Å². The lowest BCUT2D eigenvalue weighted by atomic mass is 10.0. The minimum Gasteiger partial charge on any atom is -0.484 e. The van der Waals surface area contributed by atoms with Crippen molar-refractivity contribution in [3.8, 4) is 16.9 Å². The summed E-state index contributed by atoms with van der Waals surface area (Å²) in [5.74, 6) is 0.309. The third-order valence-corrected chi connectivity index (χ3v) is 3.15. The first kappa shape index (κ1) is 22.6. The van der Waals surface area contributed by atoms with Crippen LogP contribution in [0.2, 0.25) is 0 Å². The minimum atomic E-state index is -0.403. The van der Waals surface area contributed by atoms with Gasteiger partial charge in [0.15, 0.2) is 18.1 Å². The van der Waals surface area contributed by atoms with E-state index in [2.05, 4.69) is 0 Å². The molecule has 0 unspecified atom stereocenters. The van der Waals surface area contributed by atoms with Crippen molar-refractivity contribution in [2.75, 3.05) is 0 Å². The highest BCUT2D eigenvalue weighted by atomic mass is 16.6. The number of hydrogen-bond donors (Lipinski definition) is 0. The van der Waals surface area contributed by atoms with Crippen LogP contribution in [0, 0.1) is 17.0 Å². The molecule has 1 aromatic carbocycles. The van der Waals surface area contributed by atoms with Crippen molar-refractivity contribution in [3.05, 3.63) is 52.3 Å². The molecule has 0 bridgehead atoms. The number of nitrogens with zero attached hydrogens (tertiary/aromatic N) is 2. The molecule has 0 N–H and O–H groups in total. The fraction of sp³-hybridized carbons (Fsp3) is 0.450. The molecular formula is C20H31N2O3+. The Labute approximate surface area is 151 Å². The Balaban J connectivity index is 0.00000134. The molecule has 0 saturated carbocycles. The zero-order valence-corrected chi connectivity index (χ0v) is 16.7. The Bertz CT molecular complexity index is 665. The van der Waals surface area contributed by atoms with Gasteiger partial charge in [-0.3, -0.25) is 10.1 Å². The second kappa shape index (κ2) is 11.2. The zero-order valence-electron chi connectivity index (χ0n) is 16.7. The number of pyridine rings is 1. The Morgan fingerprint density at radius 2 is 1.60 bits per heavy atom. The first-order valence-corrected chi connectivity index (χ1v) is 8.80. The van der Waals surface area contributed by atoms with E-state index in [1.165, 1.54) is 0 Å². The van der Waals surface area contributed by atoms with Gasteiger partial charge in [-0.15, -0.1) is 0 Å². The highest BCUT2D eigenvalue weighted by Gasteiger charge is 2.19. The lowest BCUT2D eigenvalue weighted by Gasteiger charge is -2.13. The number of aromatic nitrogens is 1. The van der Waals surface area contributed by atoms with Crippen LogP contribution in [-0.2, 0) is 7.05 Å². The topological polar surface area (TPSA) is 56.3 Å². The van der Waals surface area contributed by atoms with Crippen LogP contribution in [-0.4, -0.2) is 11.0 Å². The van der Waals surface area contributed by atoms with E-state index < -0.39 is 4.92 Å². The maximum absolute atomic E-state index is 11.2. The van der Waals surface area contributed by atoms with Gasteiger partial charge in [0.1, 0.15) is 7.05 Å². The van der Waals surface area contributed by atoms with E-state index in [0.29, 0.717) is 5.75 Å². The molecule has 25 heavy (non-hydrogen) atoms. The van der Waals surface area contributed by atoms with Crippen LogP contribution in [0.25, 0.3) is 11.1 Å². The number of ether oxygens (including phenoxy) is 1. The van der Waals surface area contributed by atoms with Gasteiger partial charge in [0, 0.05) is 18.2 Å². The van der Waals surface area contributed by atoms with Crippen molar-refractivity contribution in [2.45, 2.75) is 54.6 Å². The Kier molecular flexibility index (Phi) is 10.1. The molecule has 0 radical (unpaired) electrons. The molecule has 2 aromatic rings. The largest absolute Gasteiger partial charge is 0.484 e. The van der Waals surface area contributed by atoms with Gasteiger partial charge in [-0.05, 0) is 43.5 Å². The van der Waals surface area contributed by atoms with Gasteiger partial charge in [-0.25, -0.2) is 4.57 Å². The molecule has 5 nitrogen and oxygen atoms in total. The summed E-state index contributed by atoms with van der Waals surface area (Å²) in [6, 6.07) is 7.28. The van der Waals surface area contributed by atoms with E-state index in [4.69, 9.17) is 4.74 Å². The summed E-state index contributed by atoms with van der Waals surface area (Å²) in [4.78, 5) is 10.8. The summed E-state index contributed by atoms with van der Waals surface area (Å²) in [6.45, 7) is 13.6. The molecule has 0 aliphatic rings. The Morgan fingerprint density at radius 3 is 2.04 bits per heavy atom. The number of nitro benzene ring substituents is 1. The summed E-state index contributed by atoms with van der Waals surface area (Å²) in [5.41, 5.74) is 2.81. The van der Waals surface area contributed by atoms with E-state index >= 15 is 0 Å². The van der Waals surface area contributed by atoms with Gasteiger partial charge in [-0.2, -0.15) is 0 Å². The number of aryl methyl sites for hydroxylation is 2. The number of benzene rings is 1.